The zero-order valence-corrected chi connectivity index (χ0v) is 20.8. The highest BCUT2D eigenvalue weighted by Gasteiger charge is 2.19. The predicted molar refractivity (Wildman–Crippen MR) is 156 cm³/mol. The molecule has 3 heteroatoms. The fraction of sp³-hybridized carbons (Fsp3) is 0. The van der Waals surface area contributed by atoms with Gasteiger partial charge in [0.1, 0.15) is 0 Å². The number of rotatable bonds is 3. The number of fused-ring (bicyclic) bond motifs is 4. The zero-order valence-electron chi connectivity index (χ0n) is 19.9. The first-order valence-electron chi connectivity index (χ1n) is 12.3. The molecule has 7 aromatic carbocycles. The van der Waals surface area contributed by atoms with E-state index in [0.29, 0.717) is 4.90 Å². The molecule has 0 aliphatic carbocycles. The average Bonchev–Trinajstić information content (AvgIpc) is 2.93. The summed E-state index contributed by atoms with van der Waals surface area (Å²) in [5, 5.41) is 8.50. The molecule has 0 saturated heterocycles. The maximum Gasteiger partial charge on any atom is 0.169 e. The Bertz CT molecular complexity index is 2050. The zero-order chi connectivity index (χ0) is 24.9. The van der Waals surface area contributed by atoms with Crippen LogP contribution in [-0.2, 0) is 10.7 Å². The van der Waals surface area contributed by atoms with Crippen LogP contribution in [0.1, 0.15) is 0 Å². The molecule has 0 radical (unpaired) electrons. The third kappa shape index (κ3) is 3.67. The molecule has 37 heavy (non-hydrogen) atoms. The lowest BCUT2D eigenvalue weighted by Gasteiger charge is -2.17. The van der Waals surface area contributed by atoms with Gasteiger partial charge in [0.05, 0.1) is 4.90 Å². The van der Waals surface area contributed by atoms with Crippen molar-refractivity contribution in [3.05, 3.63) is 127 Å². The minimum atomic E-state index is -2.86. The molecule has 0 aromatic heterocycles. The van der Waals surface area contributed by atoms with Crippen molar-refractivity contribution in [3.8, 4) is 22.3 Å². The van der Waals surface area contributed by atoms with Gasteiger partial charge < -0.3 is 0 Å². The Morgan fingerprint density at radius 1 is 0.405 bits per heavy atom. The Balaban J connectivity index is 1.61. The van der Waals surface area contributed by atoms with Crippen LogP contribution in [0.2, 0.25) is 0 Å². The standard InChI is InChI=1S/C34H22O2S/c35-37(36)34-32-20-29-18-27-16-25-14-8-7-13-24(25)15-26(27)17-28(29)19-30(32)21-31(22-9-3-1-4-10-22)33(34)23-11-5-2-6-12-23/h1-21,37H. The van der Waals surface area contributed by atoms with Crippen molar-refractivity contribution >= 4 is 53.8 Å². The van der Waals surface area contributed by atoms with Crippen LogP contribution in [-0.4, -0.2) is 8.42 Å². The van der Waals surface area contributed by atoms with Gasteiger partial charge in [-0.05, 0) is 96.9 Å². The predicted octanol–water partition coefficient (Wildman–Crippen LogP) is 8.60. The van der Waals surface area contributed by atoms with Crippen molar-refractivity contribution in [1.82, 2.24) is 0 Å². The lowest BCUT2D eigenvalue weighted by Crippen LogP contribution is -1.95. The van der Waals surface area contributed by atoms with Gasteiger partial charge in [-0.3, -0.25) is 0 Å². The van der Waals surface area contributed by atoms with Gasteiger partial charge in [0.2, 0.25) is 0 Å². The van der Waals surface area contributed by atoms with Crippen LogP contribution < -0.4 is 0 Å². The quantitative estimate of drug-likeness (QED) is 0.197. The molecule has 0 unspecified atom stereocenters. The SMILES string of the molecule is O=[SH](=O)c1c(-c2ccccc2)c(-c2ccccc2)cc2cc3cc4cc5ccccc5cc4cc3cc12. The molecule has 0 aliphatic rings. The lowest BCUT2D eigenvalue weighted by molar-refractivity contribution is 0.615. The van der Waals surface area contributed by atoms with Gasteiger partial charge in [-0.1, -0.05) is 84.9 Å². The van der Waals surface area contributed by atoms with Gasteiger partial charge in [0.25, 0.3) is 0 Å². The largest absolute Gasteiger partial charge is 0.227 e. The summed E-state index contributed by atoms with van der Waals surface area (Å²) in [4.78, 5) is 0.373. The summed E-state index contributed by atoms with van der Waals surface area (Å²) in [6.07, 6.45) is 0. The molecule has 0 heterocycles. The van der Waals surface area contributed by atoms with Crippen molar-refractivity contribution in [1.29, 1.82) is 0 Å². The highest BCUT2D eigenvalue weighted by atomic mass is 32.2. The van der Waals surface area contributed by atoms with Crippen LogP contribution in [0.5, 0.6) is 0 Å². The number of hydrogen-bond donors (Lipinski definition) is 1. The van der Waals surface area contributed by atoms with E-state index < -0.39 is 10.7 Å². The van der Waals surface area contributed by atoms with E-state index in [-0.39, 0.29) is 0 Å². The van der Waals surface area contributed by atoms with Gasteiger partial charge in [0.15, 0.2) is 10.7 Å². The van der Waals surface area contributed by atoms with E-state index in [1.165, 1.54) is 16.2 Å². The Kier molecular flexibility index (Phi) is 5.05. The lowest BCUT2D eigenvalue weighted by atomic mass is 9.90. The van der Waals surface area contributed by atoms with E-state index in [1.54, 1.807) is 0 Å². The Labute approximate surface area is 216 Å². The molecular weight excluding hydrogens is 472 g/mol. The summed E-state index contributed by atoms with van der Waals surface area (Å²) in [6.45, 7) is 0. The molecule has 0 atom stereocenters. The van der Waals surface area contributed by atoms with Gasteiger partial charge in [0, 0.05) is 10.9 Å². The van der Waals surface area contributed by atoms with E-state index >= 15 is 0 Å². The topological polar surface area (TPSA) is 34.1 Å². The van der Waals surface area contributed by atoms with Crippen LogP contribution in [0.4, 0.5) is 0 Å². The van der Waals surface area contributed by atoms with Crippen molar-refractivity contribution in [2.75, 3.05) is 0 Å². The molecule has 0 fully saturated rings. The summed E-state index contributed by atoms with van der Waals surface area (Å²) < 4.78 is 25.8. The normalized spacial score (nSPS) is 11.7. The van der Waals surface area contributed by atoms with Crippen LogP contribution in [0, 0.1) is 0 Å². The summed E-state index contributed by atoms with van der Waals surface area (Å²) in [7, 11) is -2.86. The van der Waals surface area contributed by atoms with Crippen molar-refractivity contribution in [3.63, 3.8) is 0 Å². The first-order valence-corrected chi connectivity index (χ1v) is 13.5. The molecular formula is C34H22O2S. The van der Waals surface area contributed by atoms with Crippen LogP contribution >= 0.6 is 0 Å². The summed E-state index contributed by atoms with van der Waals surface area (Å²) in [5.41, 5.74) is 3.55. The second kappa shape index (κ2) is 8.58. The third-order valence-electron chi connectivity index (χ3n) is 7.22. The smallest absolute Gasteiger partial charge is 0.169 e. The molecule has 0 spiro atoms. The fourth-order valence-corrected chi connectivity index (χ4v) is 6.33. The fourth-order valence-electron chi connectivity index (χ4n) is 5.51. The average molecular weight is 495 g/mol. The minimum absolute atomic E-state index is 0.373. The maximum atomic E-state index is 12.9. The van der Waals surface area contributed by atoms with E-state index in [1.807, 2.05) is 66.7 Å². The van der Waals surface area contributed by atoms with Gasteiger partial charge >= 0.3 is 0 Å². The van der Waals surface area contributed by atoms with Gasteiger partial charge in [-0.25, -0.2) is 8.42 Å². The first-order chi connectivity index (χ1) is 18.2. The highest BCUT2D eigenvalue weighted by Crippen LogP contribution is 2.42. The van der Waals surface area contributed by atoms with Crippen molar-refractivity contribution < 1.29 is 8.42 Å². The molecule has 0 amide bonds. The van der Waals surface area contributed by atoms with Crippen molar-refractivity contribution in [2.24, 2.45) is 0 Å². The molecule has 2 nitrogen and oxygen atoms in total. The monoisotopic (exact) mass is 494 g/mol. The summed E-state index contributed by atoms with van der Waals surface area (Å²) in [5.74, 6) is 0. The molecule has 0 N–H and O–H groups in total. The number of hydrogen-bond acceptors (Lipinski definition) is 2. The van der Waals surface area contributed by atoms with Gasteiger partial charge in [-0.2, -0.15) is 0 Å². The van der Waals surface area contributed by atoms with Crippen LogP contribution in [0.3, 0.4) is 0 Å². The molecule has 0 bridgehead atoms. The summed E-state index contributed by atoms with van der Waals surface area (Å²) >= 11 is 0. The Morgan fingerprint density at radius 2 is 0.865 bits per heavy atom. The second-order valence-electron chi connectivity index (χ2n) is 9.46. The summed E-state index contributed by atoms with van der Waals surface area (Å²) in [6, 6.07) is 43.3. The Hall–Kier alpha value is -4.47. The highest BCUT2D eigenvalue weighted by molar-refractivity contribution is 7.73. The molecule has 7 aromatic rings. The molecule has 7 rings (SSSR count). The molecule has 176 valence electrons. The van der Waals surface area contributed by atoms with Crippen LogP contribution in [0.25, 0.3) is 65.3 Å². The third-order valence-corrected chi connectivity index (χ3v) is 8.05. The van der Waals surface area contributed by atoms with E-state index in [9.17, 15) is 8.42 Å². The minimum Gasteiger partial charge on any atom is -0.227 e. The molecule has 0 saturated carbocycles. The van der Waals surface area contributed by atoms with Gasteiger partial charge in [-0.15, -0.1) is 0 Å². The first kappa shape index (κ1) is 21.8. The number of thiol groups is 1. The Morgan fingerprint density at radius 3 is 1.43 bits per heavy atom. The van der Waals surface area contributed by atoms with E-state index in [0.717, 1.165) is 49.2 Å². The van der Waals surface area contributed by atoms with E-state index in [4.69, 9.17) is 0 Å². The maximum absolute atomic E-state index is 12.9. The second-order valence-corrected chi connectivity index (χ2v) is 10.4. The molecule has 0 aliphatic heterocycles. The van der Waals surface area contributed by atoms with Crippen LogP contribution in [0.15, 0.2) is 132 Å². The van der Waals surface area contributed by atoms with Crippen molar-refractivity contribution in [2.45, 2.75) is 4.90 Å². The number of benzene rings is 7. The van der Waals surface area contributed by atoms with E-state index in [2.05, 4.69) is 60.7 Å².